The first-order valence-electron chi connectivity index (χ1n) is 8.20. The van der Waals surface area contributed by atoms with Gasteiger partial charge in [0, 0.05) is 11.6 Å². The number of nitrogens with zero attached hydrogens (tertiary/aromatic N) is 2. The standard InChI is InChI=1S/C19H21N3O2S2/c1-19(2,3)26(23,24)16-10-9-15(13-21-16)22-17(18-20-11-12-25-18)14-7-5-4-6-8-14/h4-13,17,22H,1-3H3. The lowest BCUT2D eigenvalue weighted by Gasteiger charge is -2.20. The van der Waals surface area contributed by atoms with E-state index in [1.165, 1.54) is 0 Å². The fourth-order valence-electron chi connectivity index (χ4n) is 2.42. The summed E-state index contributed by atoms with van der Waals surface area (Å²) < 4.78 is 24.1. The van der Waals surface area contributed by atoms with Crippen molar-refractivity contribution < 1.29 is 8.42 Å². The molecule has 0 saturated heterocycles. The van der Waals surface area contributed by atoms with Crippen molar-refractivity contribution in [3.8, 4) is 0 Å². The number of hydrogen-bond acceptors (Lipinski definition) is 6. The van der Waals surface area contributed by atoms with Gasteiger partial charge in [0.1, 0.15) is 11.0 Å². The molecule has 1 unspecified atom stereocenters. The molecule has 0 aliphatic rings. The molecule has 136 valence electrons. The van der Waals surface area contributed by atoms with E-state index in [-0.39, 0.29) is 11.1 Å². The fraction of sp³-hybridized carbons (Fsp3) is 0.263. The smallest absolute Gasteiger partial charge is 0.200 e. The first-order chi connectivity index (χ1) is 12.3. The van der Waals surface area contributed by atoms with E-state index in [1.54, 1.807) is 56.6 Å². The Balaban J connectivity index is 1.89. The molecule has 2 aromatic heterocycles. The second-order valence-electron chi connectivity index (χ2n) is 6.86. The lowest BCUT2D eigenvalue weighted by atomic mass is 10.1. The van der Waals surface area contributed by atoms with Crippen LogP contribution in [0.2, 0.25) is 0 Å². The molecule has 1 N–H and O–H groups in total. The summed E-state index contributed by atoms with van der Waals surface area (Å²) in [6.07, 6.45) is 3.33. The van der Waals surface area contributed by atoms with Gasteiger partial charge in [0.15, 0.2) is 14.9 Å². The average Bonchev–Trinajstić information content (AvgIpc) is 3.14. The highest BCUT2D eigenvalue weighted by molar-refractivity contribution is 7.92. The minimum absolute atomic E-state index is 0.0843. The predicted molar refractivity (Wildman–Crippen MR) is 105 cm³/mol. The Labute approximate surface area is 158 Å². The number of sulfone groups is 1. The van der Waals surface area contributed by atoms with Gasteiger partial charge < -0.3 is 5.32 Å². The summed E-state index contributed by atoms with van der Waals surface area (Å²) in [4.78, 5) is 8.60. The van der Waals surface area contributed by atoms with Crippen molar-refractivity contribution in [1.29, 1.82) is 0 Å². The van der Waals surface area contributed by atoms with Crippen molar-refractivity contribution in [3.63, 3.8) is 0 Å². The number of rotatable bonds is 5. The molecular weight excluding hydrogens is 366 g/mol. The molecule has 0 aliphatic heterocycles. The quantitative estimate of drug-likeness (QED) is 0.706. The molecule has 0 fully saturated rings. The van der Waals surface area contributed by atoms with Gasteiger partial charge in [-0.15, -0.1) is 11.3 Å². The highest BCUT2D eigenvalue weighted by Crippen LogP contribution is 2.29. The Kier molecular flexibility index (Phi) is 5.11. The van der Waals surface area contributed by atoms with E-state index < -0.39 is 14.6 Å². The summed E-state index contributed by atoms with van der Waals surface area (Å²) in [6.45, 7) is 5.01. The lowest BCUT2D eigenvalue weighted by Crippen LogP contribution is -2.28. The third-order valence-electron chi connectivity index (χ3n) is 3.96. The molecule has 0 saturated carbocycles. The molecule has 7 heteroatoms. The van der Waals surface area contributed by atoms with Gasteiger partial charge in [0.25, 0.3) is 0 Å². The van der Waals surface area contributed by atoms with Crippen LogP contribution in [0, 0.1) is 0 Å². The number of anilines is 1. The first-order valence-corrected chi connectivity index (χ1v) is 10.6. The molecule has 3 aromatic rings. The highest BCUT2D eigenvalue weighted by Gasteiger charge is 2.32. The van der Waals surface area contributed by atoms with Gasteiger partial charge >= 0.3 is 0 Å². The van der Waals surface area contributed by atoms with Gasteiger partial charge in [-0.3, -0.25) is 0 Å². The summed E-state index contributed by atoms with van der Waals surface area (Å²) in [5, 5.41) is 6.36. The van der Waals surface area contributed by atoms with E-state index >= 15 is 0 Å². The van der Waals surface area contributed by atoms with Crippen LogP contribution in [-0.4, -0.2) is 23.1 Å². The van der Waals surface area contributed by atoms with Crippen molar-refractivity contribution in [2.45, 2.75) is 36.6 Å². The SMILES string of the molecule is CC(C)(C)S(=O)(=O)c1ccc(NC(c2ccccc2)c2nccs2)cn1. The summed E-state index contributed by atoms with van der Waals surface area (Å²) in [5.74, 6) is 0. The minimum Gasteiger partial charge on any atom is -0.371 e. The van der Waals surface area contributed by atoms with Crippen LogP contribution in [0.25, 0.3) is 0 Å². The summed E-state index contributed by atoms with van der Waals surface area (Å²) in [7, 11) is -3.47. The van der Waals surface area contributed by atoms with Crippen LogP contribution in [0.1, 0.15) is 37.4 Å². The summed E-state index contributed by atoms with van der Waals surface area (Å²) in [5.41, 5.74) is 1.82. The van der Waals surface area contributed by atoms with Crippen molar-refractivity contribution in [3.05, 3.63) is 70.8 Å². The highest BCUT2D eigenvalue weighted by atomic mass is 32.2. The minimum atomic E-state index is -3.47. The molecular formula is C19H21N3O2S2. The topological polar surface area (TPSA) is 72.0 Å². The van der Waals surface area contributed by atoms with Crippen molar-refractivity contribution in [2.24, 2.45) is 0 Å². The van der Waals surface area contributed by atoms with Gasteiger partial charge in [-0.05, 0) is 38.5 Å². The second-order valence-corrected chi connectivity index (χ2v) is 10.4. The van der Waals surface area contributed by atoms with Crippen molar-refractivity contribution in [1.82, 2.24) is 9.97 Å². The number of pyridine rings is 1. The van der Waals surface area contributed by atoms with Crippen molar-refractivity contribution >= 4 is 26.9 Å². The Hall–Kier alpha value is -2.25. The molecule has 2 heterocycles. The number of nitrogens with one attached hydrogen (secondary N) is 1. The second kappa shape index (κ2) is 7.17. The van der Waals surface area contributed by atoms with Crippen LogP contribution < -0.4 is 5.32 Å². The molecule has 0 spiro atoms. The van der Waals surface area contributed by atoms with Crippen LogP contribution in [0.4, 0.5) is 5.69 Å². The zero-order valence-corrected chi connectivity index (χ0v) is 16.5. The Morgan fingerprint density at radius 2 is 1.77 bits per heavy atom. The van der Waals surface area contributed by atoms with Crippen LogP contribution in [-0.2, 0) is 9.84 Å². The Morgan fingerprint density at radius 1 is 1.04 bits per heavy atom. The monoisotopic (exact) mass is 387 g/mol. The largest absolute Gasteiger partial charge is 0.371 e. The van der Waals surface area contributed by atoms with Crippen LogP contribution in [0.3, 0.4) is 0 Å². The van der Waals surface area contributed by atoms with E-state index in [0.717, 1.165) is 16.3 Å². The Morgan fingerprint density at radius 3 is 2.31 bits per heavy atom. The van der Waals surface area contributed by atoms with Crippen LogP contribution >= 0.6 is 11.3 Å². The van der Waals surface area contributed by atoms with E-state index in [2.05, 4.69) is 15.3 Å². The maximum atomic E-state index is 12.5. The van der Waals surface area contributed by atoms with Crippen LogP contribution in [0.15, 0.2) is 65.3 Å². The van der Waals surface area contributed by atoms with Gasteiger partial charge in [0.05, 0.1) is 16.6 Å². The fourth-order valence-corrected chi connectivity index (χ4v) is 4.20. The van der Waals surface area contributed by atoms with Crippen molar-refractivity contribution in [2.75, 3.05) is 5.32 Å². The third kappa shape index (κ3) is 3.78. The maximum Gasteiger partial charge on any atom is 0.200 e. The van der Waals surface area contributed by atoms with Crippen LogP contribution in [0.5, 0.6) is 0 Å². The zero-order valence-electron chi connectivity index (χ0n) is 14.9. The summed E-state index contributed by atoms with van der Waals surface area (Å²) in [6, 6.07) is 13.2. The van der Waals surface area contributed by atoms with E-state index in [9.17, 15) is 8.42 Å². The number of thiazole rings is 1. The third-order valence-corrected chi connectivity index (χ3v) is 7.21. The van der Waals surface area contributed by atoms with Gasteiger partial charge in [0.2, 0.25) is 0 Å². The van der Waals surface area contributed by atoms with Gasteiger partial charge in [-0.25, -0.2) is 18.4 Å². The normalized spacial score (nSPS) is 13.3. The average molecular weight is 388 g/mol. The molecule has 0 bridgehead atoms. The number of benzene rings is 1. The molecule has 26 heavy (non-hydrogen) atoms. The molecule has 0 amide bonds. The van der Waals surface area contributed by atoms with E-state index in [0.29, 0.717) is 0 Å². The molecule has 3 rings (SSSR count). The van der Waals surface area contributed by atoms with E-state index in [1.807, 2.05) is 35.7 Å². The Bertz CT molecular complexity index is 946. The molecule has 5 nitrogen and oxygen atoms in total. The number of hydrogen-bond donors (Lipinski definition) is 1. The first kappa shape index (κ1) is 18.5. The van der Waals surface area contributed by atoms with Gasteiger partial charge in [-0.1, -0.05) is 30.3 Å². The van der Waals surface area contributed by atoms with Gasteiger partial charge in [-0.2, -0.15) is 0 Å². The summed E-state index contributed by atoms with van der Waals surface area (Å²) >= 11 is 1.57. The zero-order chi connectivity index (χ0) is 18.8. The van der Waals surface area contributed by atoms with E-state index in [4.69, 9.17) is 0 Å². The molecule has 1 atom stereocenters. The predicted octanol–water partition coefficient (Wildman–Crippen LogP) is 4.31. The lowest BCUT2D eigenvalue weighted by molar-refractivity contribution is 0.556. The molecule has 0 aliphatic carbocycles. The molecule has 1 aromatic carbocycles. The molecule has 0 radical (unpaired) electrons. The number of aromatic nitrogens is 2. The maximum absolute atomic E-state index is 12.5.